The largest absolute Gasteiger partial charge is 0.497 e. The number of benzene rings is 2. The molecule has 31 heavy (non-hydrogen) atoms. The Hall–Kier alpha value is -3.27. The van der Waals surface area contributed by atoms with Gasteiger partial charge in [0.2, 0.25) is 0 Å². The minimum Gasteiger partial charge on any atom is -0.497 e. The number of rotatable bonds is 4. The molecule has 0 radical (unpaired) electrons. The van der Waals surface area contributed by atoms with Crippen molar-refractivity contribution in [2.45, 2.75) is 39.7 Å². The monoisotopic (exact) mass is 411 g/mol. The Morgan fingerprint density at radius 2 is 1.87 bits per heavy atom. The molecule has 3 heterocycles. The van der Waals surface area contributed by atoms with E-state index in [1.165, 1.54) is 38.9 Å². The minimum absolute atomic E-state index is 0.303. The van der Waals surface area contributed by atoms with Gasteiger partial charge in [-0.1, -0.05) is 36.4 Å². The first-order chi connectivity index (χ1) is 15.1. The van der Waals surface area contributed by atoms with Crippen molar-refractivity contribution >= 4 is 16.7 Å². The Labute approximate surface area is 183 Å². The summed E-state index contributed by atoms with van der Waals surface area (Å²) in [6.45, 7) is 7.64. The summed E-state index contributed by atoms with van der Waals surface area (Å²) in [5, 5.41) is 1.31. The Balaban J connectivity index is 1.57. The van der Waals surface area contributed by atoms with Gasteiger partial charge in [-0.15, -0.1) is 0 Å². The van der Waals surface area contributed by atoms with E-state index in [1.807, 2.05) is 12.1 Å². The summed E-state index contributed by atoms with van der Waals surface area (Å²) < 4.78 is 5.31. The first kappa shape index (κ1) is 19.7. The van der Waals surface area contributed by atoms with Crippen molar-refractivity contribution in [1.82, 2.24) is 9.97 Å². The van der Waals surface area contributed by atoms with Crippen molar-refractivity contribution in [3.63, 3.8) is 0 Å². The average molecular weight is 412 g/mol. The quantitative estimate of drug-likeness (QED) is 0.454. The number of anilines is 1. The topological polar surface area (TPSA) is 41.1 Å². The van der Waals surface area contributed by atoms with E-state index in [2.05, 4.69) is 73.3 Å². The van der Waals surface area contributed by atoms with Gasteiger partial charge in [-0.05, 0) is 73.6 Å². The second-order valence-electron chi connectivity index (χ2n) is 8.58. The molecule has 2 aromatic heterocycles. The Morgan fingerprint density at radius 3 is 2.65 bits per heavy atom. The standard InChI is InChI=1S/C27H29N3O/c1-17-18(2)29-26-25(17)22(15-20-9-11-23(31-4)12-10-20)16-28-27(26)30-14-13-21-7-5-6-8-24(21)19(30)3/h5-12,16,19,29H,13-15H2,1-4H3. The zero-order valence-electron chi connectivity index (χ0n) is 18.7. The summed E-state index contributed by atoms with van der Waals surface area (Å²) >= 11 is 0. The van der Waals surface area contributed by atoms with Gasteiger partial charge in [0.1, 0.15) is 5.75 Å². The molecule has 0 saturated heterocycles. The molecular weight excluding hydrogens is 382 g/mol. The maximum absolute atomic E-state index is 5.31. The molecule has 1 unspecified atom stereocenters. The first-order valence-corrected chi connectivity index (χ1v) is 11.0. The number of fused-ring (bicyclic) bond motifs is 2. The predicted molar refractivity (Wildman–Crippen MR) is 127 cm³/mol. The zero-order chi connectivity index (χ0) is 21.5. The van der Waals surface area contributed by atoms with Crippen LogP contribution in [-0.4, -0.2) is 23.6 Å². The number of nitrogens with one attached hydrogen (secondary N) is 1. The van der Waals surface area contributed by atoms with Gasteiger partial charge in [0.05, 0.1) is 18.7 Å². The molecule has 2 aromatic carbocycles. The van der Waals surface area contributed by atoms with E-state index in [-0.39, 0.29) is 0 Å². The van der Waals surface area contributed by atoms with Crippen molar-refractivity contribution in [2.24, 2.45) is 0 Å². The summed E-state index contributed by atoms with van der Waals surface area (Å²) in [7, 11) is 1.70. The summed E-state index contributed by atoms with van der Waals surface area (Å²) in [4.78, 5) is 11.1. The molecule has 1 aliphatic rings. The van der Waals surface area contributed by atoms with Crippen LogP contribution in [0.2, 0.25) is 0 Å². The molecule has 158 valence electrons. The number of methoxy groups -OCH3 is 1. The van der Waals surface area contributed by atoms with Crippen LogP contribution in [0.4, 0.5) is 5.82 Å². The molecule has 4 nitrogen and oxygen atoms in total. The van der Waals surface area contributed by atoms with E-state index in [1.54, 1.807) is 7.11 Å². The van der Waals surface area contributed by atoms with Crippen molar-refractivity contribution in [1.29, 1.82) is 0 Å². The maximum atomic E-state index is 5.31. The van der Waals surface area contributed by atoms with Crippen LogP contribution in [-0.2, 0) is 12.8 Å². The van der Waals surface area contributed by atoms with Crippen LogP contribution in [0.15, 0.2) is 54.7 Å². The van der Waals surface area contributed by atoms with E-state index in [0.717, 1.165) is 36.5 Å². The van der Waals surface area contributed by atoms with E-state index in [4.69, 9.17) is 9.72 Å². The number of aromatic nitrogens is 2. The summed E-state index contributed by atoms with van der Waals surface area (Å²) in [5.41, 5.74) is 9.07. The fourth-order valence-electron chi connectivity index (χ4n) is 4.93. The molecule has 1 atom stereocenters. The SMILES string of the molecule is COc1ccc(Cc2cnc(N3CCc4ccccc4C3C)c3[nH]c(C)c(C)c23)cc1. The molecule has 0 amide bonds. The van der Waals surface area contributed by atoms with Gasteiger partial charge in [-0.3, -0.25) is 0 Å². The van der Waals surface area contributed by atoms with Gasteiger partial charge in [0, 0.05) is 23.8 Å². The Bertz CT molecular complexity index is 1240. The van der Waals surface area contributed by atoms with Gasteiger partial charge in [0.15, 0.2) is 5.82 Å². The van der Waals surface area contributed by atoms with Gasteiger partial charge >= 0.3 is 0 Å². The molecule has 0 aliphatic carbocycles. The lowest BCUT2D eigenvalue weighted by Gasteiger charge is -2.36. The summed E-state index contributed by atoms with van der Waals surface area (Å²) in [6.07, 6.45) is 3.98. The van der Waals surface area contributed by atoms with Gasteiger partial charge < -0.3 is 14.6 Å². The number of pyridine rings is 1. The van der Waals surface area contributed by atoms with Crippen LogP contribution in [0.1, 0.15) is 46.5 Å². The lowest BCUT2D eigenvalue weighted by Crippen LogP contribution is -2.34. The zero-order valence-corrected chi connectivity index (χ0v) is 18.7. The molecule has 5 rings (SSSR count). The number of aromatic amines is 1. The molecule has 0 fully saturated rings. The number of hydrogen-bond donors (Lipinski definition) is 1. The lowest BCUT2D eigenvalue weighted by molar-refractivity contribution is 0.414. The van der Waals surface area contributed by atoms with Crippen LogP contribution in [0, 0.1) is 13.8 Å². The second-order valence-corrected chi connectivity index (χ2v) is 8.58. The van der Waals surface area contributed by atoms with Crippen LogP contribution in [0.25, 0.3) is 10.9 Å². The van der Waals surface area contributed by atoms with Crippen LogP contribution < -0.4 is 9.64 Å². The van der Waals surface area contributed by atoms with E-state index >= 15 is 0 Å². The highest BCUT2D eigenvalue weighted by atomic mass is 16.5. The summed E-state index contributed by atoms with van der Waals surface area (Å²) in [6, 6.07) is 17.4. The Kier molecular flexibility index (Phi) is 4.93. The van der Waals surface area contributed by atoms with Crippen molar-refractivity contribution < 1.29 is 4.74 Å². The summed E-state index contributed by atoms with van der Waals surface area (Å²) in [5.74, 6) is 1.95. The third-order valence-corrected chi connectivity index (χ3v) is 6.81. The third-order valence-electron chi connectivity index (χ3n) is 6.81. The van der Waals surface area contributed by atoms with Crippen LogP contribution in [0.5, 0.6) is 5.75 Å². The number of nitrogens with zero attached hydrogens (tertiary/aromatic N) is 2. The average Bonchev–Trinajstić information content (AvgIpc) is 3.10. The first-order valence-electron chi connectivity index (χ1n) is 11.0. The number of ether oxygens (including phenoxy) is 1. The second kappa shape index (κ2) is 7.77. The fraction of sp³-hybridized carbons (Fsp3) is 0.296. The number of H-pyrrole nitrogens is 1. The molecule has 0 spiro atoms. The maximum Gasteiger partial charge on any atom is 0.153 e. The fourth-order valence-corrected chi connectivity index (χ4v) is 4.93. The van der Waals surface area contributed by atoms with Crippen molar-refractivity contribution in [3.05, 3.63) is 88.2 Å². The van der Waals surface area contributed by atoms with Crippen LogP contribution >= 0.6 is 0 Å². The van der Waals surface area contributed by atoms with Gasteiger partial charge in [0.25, 0.3) is 0 Å². The normalized spacial score (nSPS) is 15.9. The van der Waals surface area contributed by atoms with Gasteiger partial charge in [-0.2, -0.15) is 0 Å². The van der Waals surface area contributed by atoms with Crippen LogP contribution in [0.3, 0.4) is 0 Å². The highest BCUT2D eigenvalue weighted by Crippen LogP contribution is 2.38. The number of aryl methyl sites for hydroxylation is 2. The highest BCUT2D eigenvalue weighted by molar-refractivity contribution is 5.95. The highest BCUT2D eigenvalue weighted by Gasteiger charge is 2.27. The lowest BCUT2D eigenvalue weighted by atomic mass is 9.93. The number of hydrogen-bond acceptors (Lipinski definition) is 3. The molecule has 4 aromatic rings. The van der Waals surface area contributed by atoms with Crippen molar-refractivity contribution in [3.8, 4) is 5.75 Å². The molecule has 0 saturated carbocycles. The molecule has 1 N–H and O–H groups in total. The van der Waals surface area contributed by atoms with E-state index < -0.39 is 0 Å². The van der Waals surface area contributed by atoms with Crippen molar-refractivity contribution in [2.75, 3.05) is 18.6 Å². The third kappa shape index (κ3) is 3.36. The molecule has 4 heteroatoms. The molecule has 1 aliphatic heterocycles. The predicted octanol–water partition coefficient (Wildman–Crippen LogP) is 5.90. The van der Waals surface area contributed by atoms with E-state index in [9.17, 15) is 0 Å². The smallest absolute Gasteiger partial charge is 0.153 e. The minimum atomic E-state index is 0.303. The van der Waals surface area contributed by atoms with Gasteiger partial charge in [-0.25, -0.2) is 4.98 Å². The van der Waals surface area contributed by atoms with E-state index in [0.29, 0.717) is 6.04 Å². The molecular formula is C27H29N3O. The molecule has 0 bridgehead atoms. The Morgan fingerprint density at radius 1 is 1.10 bits per heavy atom.